The molecule has 246 valence electrons. The Morgan fingerprint density at radius 1 is 0.810 bits per heavy atom. The molecule has 10 heteroatoms. The van der Waals surface area contributed by atoms with Crippen LogP contribution in [0.5, 0.6) is 0 Å². The summed E-state index contributed by atoms with van der Waals surface area (Å²) in [5.74, 6) is -0.469. The van der Waals surface area contributed by atoms with Crippen LogP contribution >= 0.6 is 7.82 Å². The van der Waals surface area contributed by atoms with Gasteiger partial charge in [0, 0.05) is 6.54 Å². The first-order valence-electron chi connectivity index (χ1n) is 16.2. The van der Waals surface area contributed by atoms with Gasteiger partial charge in [-0.3, -0.25) is 13.8 Å². The Labute approximate surface area is 255 Å². The molecule has 1 amide bonds. The van der Waals surface area contributed by atoms with Crippen molar-refractivity contribution in [1.29, 1.82) is 0 Å². The second-order valence-corrected chi connectivity index (χ2v) is 12.3. The van der Waals surface area contributed by atoms with Crippen molar-refractivity contribution in [3.05, 3.63) is 36.5 Å². The number of rotatable bonds is 29. The number of allylic oxidation sites excluding steroid dienone is 5. The minimum atomic E-state index is -4.39. The Kier molecular flexibility index (Phi) is 27.6. The van der Waals surface area contributed by atoms with Gasteiger partial charge in [0.05, 0.1) is 37.9 Å². The summed E-state index contributed by atoms with van der Waals surface area (Å²) in [6, 6.07) is -0.996. The molecule has 0 heterocycles. The van der Waals surface area contributed by atoms with Crippen LogP contribution < -0.4 is 11.1 Å². The maximum Gasteiger partial charge on any atom is 0.472 e. The first-order valence-corrected chi connectivity index (χ1v) is 17.7. The quantitative estimate of drug-likeness (QED) is 0.0357. The van der Waals surface area contributed by atoms with E-state index in [4.69, 9.17) is 14.8 Å². The van der Waals surface area contributed by atoms with Crippen LogP contribution in [0.25, 0.3) is 0 Å². The lowest BCUT2D eigenvalue weighted by molar-refractivity contribution is -0.124. The predicted octanol–water partition coefficient (Wildman–Crippen LogP) is 6.63. The third-order valence-electron chi connectivity index (χ3n) is 6.72. The number of hydrogen-bond donors (Lipinski definition) is 5. The van der Waals surface area contributed by atoms with Crippen molar-refractivity contribution in [2.75, 3.05) is 19.8 Å². The first kappa shape index (κ1) is 40.7. The summed E-state index contributed by atoms with van der Waals surface area (Å²) in [6.07, 6.45) is 26.9. The van der Waals surface area contributed by atoms with Gasteiger partial charge in [0.15, 0.2) is 0 Å². The van der Waals surface area contributed by atoms with Crippen LogP contribution in [-0.2, 0) is 18.4 Å². The van der Waals surface area contributed by atoms with Gasteiger partial charge in [-0.25, -0.2) is 4.57 Å². The van der Waals surface area contributed by atoms with Gasteiger partial charge in [-0.05, 0) is 51.4 Å². The number of unbranched alkanes of at least 4 members (excludes halogenated alkanes) is 11. The summed E-state index contributed by atoms with van der Waals surface area (Å²) in [7, 11) is -4.39. The lowest BCUT2D eigenvalue weighted by Crippen LogP contribution is -2.46. The molecule has 4 atom stereocenters. The zero-order valence-corrected chi connectivity index (χ0v) is 27.2. The second kappa shape index (κ2) is 28.5. The van der Waals surface area contributed by atoms with Crippen LogP contribution in [0, 0.1) is 0 Å². The van der Waals surface area contributed by atoms with Crippen molar-refractivity contribution in [3.63, 3.8) is 0 Å². The molecule has 0 saturated heterocycles. The standard InChI is InChI=1S/C32H61N2O7P/c1-3-5-7-9-11-12-13-14-15-16-18-19-21-23-29(35)27-32(37)34-30(28-41-42(38,39)40-26-25-33)31(36)24-22-20-17-10-8-6-4-2/h8,10,12-13,22,24,29-31,35-36H,3-7,9,11,14-21,23,25-28,33H2,1-2H3,(H,34,37)(H,38,39)/b10-8+,13-12-,24-22+. The second-order valence-electron chi connectivity index (χ2n) is 10.8. The molecule has 0 aromatic heterocycles. The number of aliphatic hydroxyl groups is 2. The van der Waals surface area contributed by atoms with Crippen molar-refractivity contribution in [2.45, 2.75) is 141 Å². The Bertz CT molecular complexity index is 776. The number of phosphoric acid groups is 1. The van der Waals surface area contributed by atoms with E-state index in [0.717, 1.165) is 51.4 Å². The van der Waals surface area contributed by atoms with Crippen molar-refractivity contribution in [1.82, 2.24) is 5.32 Å². The van der Waals surface area contributed by atoms with Gasteiger partial charge in [0.1, 0.15) is 0 Å². The molecule has 0 aliphatic carbocycles. The summed E-state index contributed by atoms with van der Waals surface area (Å²) in [6.45, 7) is 3.77. The lowest BCUT2D eigenvalue weighted by Gasteiger charge is -2.24. The summed E-state index contributed by atoms with van der Waals surface area (Å²) < 4.78 is 21.8. The summed E-state index contributed by atoms with van der Waals surface area (Å²) in [5.41, 5.74) is 5.31. The fraction of sp³-hybridized carbons (Fsp3) is 0.781. The number of aliphatic hydroxyl groups excluding tert-OH is 2. The first-order chi connectivity index (χ1) is 20.3. The largest absolute Gasteiger partial charge is 0.472 e. The SMILES string of the molecule is CCC/C=C/CC/C=C/C(O)C(COP(=O)(O)OCCN)NC(=O)CC(O)CCCCCCC/C=C\CCCCCC. The van der Waals surface area contributed by atoms with Gasteiger partial charge < -0.3 is 26.2 Å². The maximum absolute atomic E-state index is 12.6. The van der Waals surface area contributed by atoms with E-state index in [0.29, 0.717) is 12.8 Å². The molecular weight excluding hydrogens is 555 g/mol. The monoisotopic (exact) mass is 616 g/mol. The number of amides is 1. The van der Waals surface area contributed by atoms with E-state index in [1.54, 1.807) is 6.08 Å². The molecule has 0 aliphatic heterocycles. The molecule has 42 heavy (non-hydrogen) atoms. The zero-order chi connectivity index (χ0) is 31.3. The molecule has 0 aromatic carbocycles. The Hall–Kier alpha value is -1.32. The number of carbonyl (C=O) groups excluding carboxylic acids is 1. The molecule has 0 bridgehead atoms. The van der Waals surface area contributed by atoms with Gasteiger partial charge >= 0.3 is 7.82 Å². The maximum atomic E-state index is 12.6. The molecule has 6 N–H and O–H groups in total. The van der Waals surface area contributed by atoms with E-state index in [2.05, 4.69) is 43.5 Å². The molecule has 0 radical (unpaired) electrons. The van der Waals surface area contributed by atoms with Crippen LogP contribution in [0.4, 0.5) is 0 Å². The van der Waals surface area contributed by atoms with E-state index >= 15 is 0 Å². The molecular formula is C32H61N2O7P. The van der Waals surface area contributed by atoms with E-state index < -0.39 is 38.6 Å². The Morgan fingerprint density at radius 3 is 2.07 bits per heavy atom. The highest BCUT2D eigenvalue weighted by atomic mass is 31.2. The summed E-state index contributed by atoms with van der Waals surface area (Å²) in [4.78, 5) is 22.4. The minimum absolute atomic E-state index is 0.0423. The number of nitrogens with two attached hydrogens (primary N) is 1. The Balaban J connectivity index is 4.48. The van der Waals surface area contributed by atoms with Gasteiger partial charge in [0.2, 0.25) is 5.91 Å². The van der Waals surface area contributed by atoms with Crippen molar-refractivity contribution in [2.24, 2.45) is 5.73 Å². The molecule has 0 rings (SSSR count). The normalized spacial score (nSPS) is 15.9. The third-order valence-corrected chi connectivity index (χ3v) is 7.71. The van der Waals surface area contributed by atoms with E-state index in [1.807, 2.05) is 0 Å². The van der Waals surface area contributed by atoms with E-state index in [1.165, 1.54) is 44.6 Å². The minimum Gasteiger partial charge on any atom is -0.393 e. The van der Waals surface area contributed by atoms with E-state index in [9.17, 15) is 24.5 Å². The number of carbonyl (C=O) groups is 1. The van der Waals surface area contributed by atoms with Crippen molar-refractivity contribution < 1.29 is 33.5 Å². The molecule has 0 spiro atoms. The van der Waals surface area contributed by atoms with Crippen molar-refractivity contribution in [3.8, 4) is 0 Å². The van der Waals surface area contributed by atoms with Gasteiger partial charge in [-0.2, -0.15) is 0 Å². The molecule has 0 aliphatic rings. The van der Waals surface area contributed by atoms with E-state index in [-0.39, 0.29) is 19.6 Å². The van der Waals surface area contributed by atoms with Crippen molar-refractivity contribution >= 4 is 13.7 Å². The number of hydrogen-bond acceptors (Lipinski definition) is 7. The van der Waals surface area contributed by atoms with Crippen LogP contribution in [-0.4, -0.2) is 59.0 Å². The Morgan fingerprint density at radius 2 is 1.40 bits per heavy atom. The van der Waals surface area contributed by atoms with Crippen LogP contribution in [0.1, 0.15) is 123 Å². The molecule has 0 aromatic rings. The highest BCUT2D eigenvalue weighted by molar-refractivity contribution is 7.47. The zero-order valence-electron chi connectivity index (χ0n) is 26.3. The fourth-order valence-electron chi connectivity index (χ4n) is 4.25. The summed E-state index contributed by atoms with van der Waals surface area (Å²) >= 11 is 0. The van der Waals surface area contributed by atoms with Crippen LogP contribution in [0.3, 0.4) is 0 Å². The smallest absolute Gasteiger partial charge is 0.393 e. The number of nitrogens with one attached hydrogen (secondary N) is 1. The van der Waals surface area contributed by atoms with Gasteiger partial charge in [-0.1, -0.05) is 102 Å². The molecule has 0 fully saturated rings. The van der Waals surface area contributed by atoms with Gasteiger partial charge in [0.25, 0.3) is 0 Å². The fourth-order valence-corrected chi connectivity index (χ4v) is 5.01. The number of phosphoric ester groups is 1. The average Bonchev–Trinajstić information content (AvgIpc) is 2.96. The van der Waals surface area contributed by atoms with Gasteiger partial charge in [-0.15, -0.1) is 0 Å². The predicted molar refractivity (Wildman–Crippen MR) is 172 cm³/mol. The topological polar surface area (TPSA) is 151 Å². The summed E-state index contributed by atoms with van der Waals surface area (Å²) in [5, 5.41) is 23.6. The lowest BCUT2D eigenvalue weighted by atomic mass is 10.0. The highest BCUT2D eigenvalue weighted by Crippen LogP contribution is 2.43. The molecule has 4 unspecified atom stereocenters. The van der Waals surface area contributed by atoms with Crippen LogP contribution in [0.2, 0.25) is 0 Å². The molecule has 0 saturated carbocycles. The molecule has 9 nitrogen and oxygen atoms in total. The average molecular weight is 617 g/mol. The van der Waals surface area contributed by atoms with Crippen LogP contribution in [0.15, 0.2) is 36.5 Å². The highest BCUT2D eigenvalue weighted by Gasteiger charge is 2.27. The third kappa shape index (κ3) is 26.3.